The molecule has 24 heavy (non-hydrogen) atoms. The van der Waals surface area contributed by atoms with Crippen LogP contribution < -0.4 is 0 Å². The first-order chi connectivity index (χ1) is 11.3. The molecule has 0 radical (unpaired) electrons. The molecule has 3 saturated carbocycles. The lowest BCUT2D eigenvalue weighted by Crippen LogP contribution is -2.55. The molecule has 0 saturated heterocycles. The average molecular weight is 325 g/mol. The molecule has 3 fully saturated rings. The van der Waals surface area contributed by atoms with Crippen LogP contribution in [0.25, 0.3) is 0 Å². The number of hydrogen-bond acceptors (Lipinski definition) is 1. The highest BCUT2D eigenvalue weighted by Gasteiger charge is 2.61. The van der Waals surface area contributed by atoms with Crippen LogP contribution in [0.5, 0.6) is 0 Å². The molecule has 130 valence electrons. The molecule has 7 atom stereocenters. The molecule has 4 aliphatic rings. The zero-order valence-corrected chi connectivity index (χ0v) is 15.5. The van der Waals surface area contributed by atoms with Crippen LogP contribution in [0.1, 0.15) is 52.9 Å². The summed E-state index contributed by atoms with van der Waals surface area (Å²) < 4.78 is 0. The first kappa shape index (κ1) is 16.4. The average Bonchev–Trinajstić information content (AvgIpc) is 2.84. The van der Waals surface area contributed by atoms with Crippen LogP contribution in [0, 0.1) is 34.5 Å². The van der Waals surface area contributed by atoms with Gasteiger partial charge in [0.1, 0.15) is 0 Å². The summed E-state index contributed by atoms with van der Waals surface area (Å²) in [6.45, 7) is 15.4. The molecule has 1 heteroatoms. The highest BCUT2D eigenvalue weighted by Crippen LogP contribution is 2.66. The Morgan fingerprint density at radius 1 is 1.25 bits per heavy atom. The van der Waals surface area contributed by atoms with Crippen molar-refractivity contribution in [1.82, 2.24) is 0 Å². The van der Waals surface area contributed by atoms with Gasteiger partial charge >= 0.3 is 0 Å². The van der Waals surface area contributed by atoms with Crippen LogP contribution in [-0.2, 0) is 0 Å². The van der Waals surface area contributed by atoms with Gasteiger partial charge in [-0.1, -0.05) is 56.4 Å². The molecule has 1 N–H and O–H groups in total. The van der Waals surface area contributed by atoms with Gasteiger partial charge in [-0.3, -0.25) is 0 Å². The van der Waals surface area contributed by atoms with Crippen LogP contribution in [0.4, 0.5) is 0 Å². The Labute approximate surface area is 147 Å². The summed E-state index contributed by atoms with van der Waals surface area (Å²) >= 11 is 0. The fourth-order valence-corrected chi connectivity index (χ4v) is 7.21. The van der Waals surface area contributed by atoms with Gasteiger partial charge in [0.2, 0.25) is 0 Å². The predicted molar refractivity (Wildman–Crippen MR) is 100 cm³/mol. The maximum Gasteiger partial charge on any atom is 0.0588 e. The number of fused-ring (bicyclic) bond motifs is 5. The van der Waals surface area contributed by atoms with E-state index in [-0.39, 0.29) is 16.9 Å². The van der Waals surface area contributed by atoms with E-state index >= 15 is 0 Å². The molecule has 0 aromatic rings. The summed E-state index contributed by atoms with van der Waals surface area (Å²) in [4.78, 5) is 0. The Morgan fingerprint density at radius 2 is 2.00 bits per heavy atom. The van der Waals surface area contributed by atoms with Gasteiger partial charge in [0, 0.05) is 11.3 Å². The molecule has 1 nitrogen and oxygen atoms in total. The molecule has 4 aliphatic carbocycles. The van der Waals surface area contributed by atoms with Gasteiger partial charge in [-0.2, -0.15) is 0 Å². The van der Waals surface area contributed by atoms with E-state index < -0.39 is 0 Å². The van der Waals surface area contributed by atoms with E-state index in [0.29, 0.717) is 17.8 Å². The number of aliphatic hydroxyl groups is 1. The van der Waals surface area contributed by atoms with Gasteiger partial charge in [-0.05, 0) is 67.8 Å². The van der Waals surface area contributed by atoms with Crippen molar-refractivity contribution in [1.29, 1.82) is 0 Å². The molecule has 0 aliphatic heterocycles. The molecule has 0 aromatic carbocycles. The summed E-state index contributed by atoms with van der Waals surface area (Å²) in [5.41, 5.74) is 4.19. The Hall–Kier alpha value is -1.08. The van der Waals surface area contributed by atoms with Gasteiger partial charge < -0.3 is 5.11 Å². The van der Waals surface area contributed by atoms with Gasteiger partial charge in [0.15, 0.2) is 0 Å². The lowest BCUT2D eigenvalue weighted by Gasteiger charge is -2.59. The minimum Gasteiger partial charge on any atom is -0.393 e. The van der Waals surface area contributed by atoms with Crippen LogP contribution in [-0.4, -0.2) is 11.2 Å². The molecule has 0 aromatic heterocycles. The standard InChI is InChI=1S/C23H32O/c1-14(2)18-8-9-19-17-7-6-16-12-15(3)10-11-22(16,4)21(17)20(24)13-23(18,19)5/h10-12,17-21,24H,1,3,6-9,13H2,2,4-5H3. The monoisotopic (exact) mass is 324 g/mol. The van der Waals surface area contributed by atoms with Crippen molar-refractivity contribution in [3.8, 4) is 0 Å². The van der Waals surface area contributed by atoms with Crippen molar-refractivity contribution in [2.45, 2.75) is 59.0 Å². The molecular formula is C23H32O. The van der Waals surface area contributed by atoms with Gasteiger partial charge in [0.05, 0.1) is 6.10 Å². The summed E-state index contributed by atoms with van der Waals surface area (Å²) in [7, 11) is 0. The fraction of sp³-hybridized carbons (Fsp3) is 0.652. The maximum atomic E-state index is 11.3. The topological polar surface area (TPSA) is 20.2 Å². The predicted octanol–water partition coefficient (Wildman–Crippen LogP) is 5.44. The van der Waals surface area contributed by atoms with Crippen molar-refractivity contribution in [2.75, 3.05) is 0 Å². The molecular weight excluding hydrogens is 292 g/mol. The first-order valence-corrected chi connectivity index (χ1v) is 9.70. The molecule has 7 unspecified atom stereocenters. The Morgan fingerprint density at radius 3 is 2.71 bits per heavy atom. The second kappa shape index (κ2) is 5.21. The first-order valence-electron chi connectivity index (χ1n) is 9.70. The Kier molecular flexibility index (Phi) is 3.56. The third kappa shape index (κ3) is 2.03. The van der Waals surface area contributed by atoms with E-state index in [1.165, 1.54) is 30.4 Å². The summed E-state index contributed by atoms with van der Waals surface area (Å²) in [6, 6.07) is 0. The third-order valence-electron chi connectivity index (χ3n) is 8.18. The SMILES string of the molecule is C=C1C=CC2(C)C(=C1)CCC1C2C(O)CC2(C)C(C(=C)C)CCC12. The van der Waals surface area contributed by atoms with Gasteiger partial charge in [-0.15, -0.1) is 0 Å². The number of rotatable bonds is 1. The highest BCUT2D eigenvalue weighted by molar-refractivity contribution is 5.43. The summed E-state index contributed by atoms with van der Waals surface area (Å²) in [6.07, 6.45) is 12.5. The second-order valence-corrected chi connectivity index (χ2v) is 9.45. The van der Waals surface area contributed by atoms with Crippen molar-refractivity contribution in [3.05, 3.63) is 48.1 Å². The second-order valence-electron chi connectivity index (χ2n) is 9.45. The minimum atomic E-state index is -0.207. The molecule has 0 amide bonds. The Bertz CT molecular complexity index is 653. The fourth-order valence-electron chi connectivity index (χ4n) is 7.21. The Balaban J connectivity index is 1.74. The highest BCUT2D eigenvalue weighted by atomic mass is 16.3. The van der Waals surface area contributed by atoms with Crippen molar-refractivity contribution >= 4 is 0 Å². The normalized spacial score (nSPS) is 49.9. The van der Waals surface area contributed by atoms with E-state index in [1.807, 2.05) is 0 Å². The maximum absolute atomic E-state index is 11.3. The van der Waals surface area contributed by atoms with Crippen LogP contribution >= 0.6 is 0 Å². The zero-order valence-electron chi connectivity index (χ0n) is 15.5. The smallest absolute Gasteiger partial charge is 0.0588 e. The van der Waals surface area contributed by atoms with E-state index in [2.05, 4.69) is 52.2 Å². The van der Waals surface area contributed by atoms with E-state index in [4.69, 9.17) is 0 Å². The summed E-state index contributed by atoms with van der Waals surface area (Å²) in [5.74, 6) is 2.33. The minimum absolute atomic E-state index is 0.0200. The molecule has 0 bridgehead atoms. The third-order valence-corrected chi connectivity index (χ3v) is 8.18. The largest absolute Gasteiger partial charge is 0.393 e. The van der Waals surface area contributed by atoms with E-state index in [1.54, 1.807) is 0 Å². The quantitative estimate of drug-likeness (QED) is 0.636. The van der Waals surface area contributed by atoms with Crippen molar-refractivity contribution in [3.63, 3.8) is 0 Å². The lowest BCUT2D eigenvalue weighted by molar-refractivity contribution is -0.111. The van der Waals surface area contributed by atoms with Gasteiger partial charge in [-0.25, -0.2) is 0 Å². The van der Waals surface area contributed by atoms with Crippen molar-refractivity contribution in [2.24, 2.45) is 34.5 Å². The number of aliphatic hydroxyl groups excluding tert-OH is 1. The van der Waals surface area contributed by atoms with Crippen LogP contribution in [0.15, 0.2) is 48.1 Å². The molecule has 4 rings (SSSR count). The van der Waals surface area contributed by atoms with E-state index in [0.717, 1.165) is 24.3 Å². The van der Waals surface area contributed by atoms with Crippen LogP contribution in [0.3, 0.4) is 0 Å². The number of allylic oxidation sites excluding steroid dienone is 6. The van der Waals surface area contributed by atoms with Gasteiger partial charge in [0.25, 0.3) is 0 Å². The number of hydrogen-bond donors (Lipinski definition) is 1. The van der Waals surface area contributed by atoms with Crippen molar-refractivity contribution < 1.29 is 5.11 Å². The zero-order chi connectivity index (χ0) is 17.3. The van der Waals surface area contributed by atoms with Crippen LogP contribution in [0.2, 0.25) is 0 Å². The lowest BCUT2D eigenvalue weighted by atomic mass is 9.46. The molecule has 0 heterocycles. The summed E-state index contributed by atoms with van der Waals surface area (Å²) in [5, 5.41) is 11.3. The molecule has 0 spiro atoms. The van der Waals surface area contributed by atoms with E-state index in [9.17, 15) is 5.11 Å².